The molecule has 142 valence electrons. The van der Waals surface area contributed by atoms with Crippen molar-refractivity contribution in [2.75, 3.05) is 13.2 Å². The zero-order valence-electron chi connectivity index (χ0n) is 14.8. The number of para-hydroxylation sites is 1. The molecular weight excluding hydrogens is 471 g/mol. The van der Waals surface area contributed by atoms with Crippen molar-refractivity contribution in [3.8, 4) is 11.5 Å². The van der Waals surface area contributed by atoms with Gasteiger partial charge in [-0.1, -0.05) is 30.3 Å². The van der Waals surface area contributed by atoms with Gasteiger partial charge < -0.3 is 14.2 Å². The van der Waals surface area contributed by atoms with E-state index in [1.54, 1.807) is 36.4 Å². The number of hydrogen-bond acceptors (Lipinski definition) is 5. The molecule has 6 heteroatoms. The fourth-order valence-corrected chi connectivity index (χ4v) is 2.95. The van der Waals surface area contributed by atoms with E-state index in [1.807, 2.05) is 42.5 Å². The van der Waals surface area contributed by atoms with Crippen molar-refractivity contribution in [1.82, 2.24) is 0 Å². The summed E-state index contributed by atoms with van der Waals surface area (Å²) >= 11 is 2.08. The molecule has 0 saturated carbocycles. The minimum Gasteiger partial charge on any atom is -0.490 e. The molecule has 0 N–H and O–H groups in total. The molecule has 0 aliphatic heterocycles. The number of carbonyl (C=O) groups excluding carboxylic acids is 2. The van der Waals surface area contributed by atoms with Crippen molar-refractivity contribution in [1.29, 1.82) is 0 Å². The summed E-state index contributed by atoms with van der Waals surface area (Å²) in [6, 6.07) is 22.7. The van der Waals surface area contributed by atoms with E-state index in [9.17, 15) is 9.59 Å². The van der Waals surface area contributed by atoms with Crippen LogP contribution in [0.2, 0.25) is 0 Å². The van der Waals surface area contributed by atoms with Gasteiger partial charge in [-0.25, -0.2) is 9.59 Å². The van der Waals surface area contributed by atoms with Crippen molar-refractivity contribution < 1.29 is 23.8 Å². The third-order valence-corrected chi connectivity index (χ3v) is 4.66. The number of halogens is 1. The molecule has 0 unspecified atom stereocenters. The fourth-order valence-electron chi connectivity index (χ4n) is 2.34. The van der Waals surface area contributed by atoms with Crippen molar-refractivity contribution in [2.45, 2.75) is 0 Å². The highest BCUT2D eigenvalue weighted by molar-refractivity contribution is 14.1. The van der Waals surface area contributed by atoms with Crippen LogP contribution >= 0.6 is 22.6 Å². The zero-order valence-corrected chi connectivity index (χ0v) is 17.0. The second kappa shape index (κ2) is 9.89. The summed E-state index contributed by atoms with van der Waals surface area (Å²) in [6.45, 7) is 0.401. The molecule has 0 aliphatic rings. The van der Waals surface area contributed by atoms with Gasteiger partial charge in [0.05, 0.1) is 11.1 Å². The number of esters is 2. The van der Waals surface area contributed by atoms with Crippen LogP contribution in [0.1, 0.15) is 20.7 Å². The summed E-state index contributed by atoms with van der Waals surface area (Å²) in [4.78, 5) is 24.3. The van der Waals surface area contributed by atoms with Crippen molar-refractivity contribution in [2.24, 2.45) is 0 Å². The predicted octanol–water partition coefficient (Wildman–Crippen LogP) is 4.75. The molecule has 0 atom stereocenters. The highest BCUT2D eigenvalue weighted by Gasteiger charge is 2.13. The van der Waals surface area contributed by atoms with Gasteiger partial charge in [-0.3, -0.25) is 0 Å². The van der Waals surface area contributed by atoms with Crippen LogP contribution in [-0.2, 0) is 4.74 Å². The van der Waals surface area contributed by atoms with Gasteiger partial charge in [0.25, 0.3) is 0 Å². The van der Waals surface area contributed by atoms with E-state index in [0.717, 1.165) is 9.32 Å². The number of carbonyl (C=O) groups is 2. The molecule has 0 fully saturated rings. The smallest absolute Gasteiger partial charge is 0.344 e. The van der Waals surface area contributed by atoms with Gasteiger partial charge in [-0.05, 0) is 71.1 Å². The Kier molecular flexibility index (Phi) is 7.02. The molecule has 0 saturated heterocycles. The lowest BCUT2D eigenvalue weighted by Gasteiger charge is -2.08. The van der Waals surface area contributed by atoms with E-state index in [1.165, 1.54) is 0 Å². The first kappa shape index (κ1) is 19.9. The first-order valence-corrected chi connectivity index (χ1v) is 9.63. The molecule has 3 aromatic carbocycles. The normalized spacial score (nSPS) is 10.2. The van der Waals surface area contributed by atoms with Crippen LogP contribution in [0.3, 0.4) is 0 Å². The molecule has 5 nitrogen and oxygen atoms in total. The third kappa shape index (κ3) is 5.56. The van der Waals surface area contributed by atoms with Gasteiger partial charge in [0.1, 0.15) is 24.7 Å². The van der Waals surface area contributed by atoms with Crippen molar-refractivity contribution in [3.63, 3.8) is 0 Å². The quantitative estimate of drug-likeness (QED) is 0.208. The SMILES string of the molecule is O=C(OCCOc1ccccc1)c1ccc(OC(=O)c2ccccc2I)cc1. The standard InChI is InChI=1S/C22H17IO5/c23-20-9-5-4-8-19(20)22(25)28-18-12-10-16(11-13-18)21(24)27-15-14-26-17-6-2-1-3-7-17/h1-13H,14-15H2. The summed E-state index contributed by atoms with van der Waals surface area (Å²) in [5.74, 6) is 0.164. The van der Waals surface area contributed by atoms with Crippen LogP contribution in [0.15, 0.2) is 78.9 Å². The van der Waals surface area contributed by atoms with Gasteiger partial charge in [0.15, 0.2) is 0 Å². The summed E-state index contributed by atoms with van der Waals surface area (Å²) in [5.41, 5.74) is 0.860. The first-order valence-electron chi connectivity index (χ1n) is 8.55. The number of rotatable bonds is 7. The highest BCUT2D eigenvalue weighted by Crippen LogP contribution is 2.18. The molecule has 28 heavy (non-hydrogen) atoms. The Morgan fingerprint density at radius 3 is 2.11 bits per heavy atom. The third-order valence-electron chi connectivity index (χ3n) is 3.72. The number of benzene rings is 3. The van der Waals surface area contributed by atoms with Gasteiger partial charge >= 0.3 is 11.9 Å². The maximum absolute atomic E-state index is 12.2. The van der Waals surface area contributed by atoms with Crippen molar-refractivity contribution in [3.05, 3.63) is 93.6 Å². The Hall–Kier alpha value is -2.87. The fraction of sp³-hybridized carbons (Fsp3) is 0.0909. The Morgan fingerprint density at radius 1 is 0.714 bits per heavy atom. The lowest BCUT2D eigenvalue weighted by Crippen LogP contribution is -2.13. The number of hydrogen-bond donors (Lipinski definition) is 0. The van der Waals surface area contributed by atoms with E-state index in [-0.39, 0.29) is 13.2 Å². The molecule has 0 radical (unpaired) electrons. The highest BCUT2D eigenvalue weighted by atomic mass is 127. The van der Waals surface area contributed by atoms with Crippen LogP contribution < -0.4 is 9.47 Å². The van der Waals surface area contributed by atoms with Gasteiger partial charge in [-0.2, -0.15) is 0 Å². The minimum absolute atomic E-state index is 0.136. The number of ether oxygens (including phenoxy) is 3. The van der Waals surface area contributed by atoms with Crippen LogP contribution in [-0.4, -0.2) is 25.2 Å². The minimum atomic E-state index is -0.466. The second-order valence-corrected chi connectivity index (χ2v) is 6.85. The molecule has 0 bridgehead atoms. The Balaban J connectivity index is 1.48. The predicted molar refractivity (Wildman–Crippen MR) is 113 cm³/mol. The molecule has 0 aliphatic carbocycles. The Bertz CT molecular complexity index is 939. The van der Waals surface area contributed by atoms with E-state index in [0.29, 0.717) is 16.9 Å². The van der Waals surface area contributed by atoms with E-state index >= 15 is 0 Å². The summed E-state index contributed by atoms with van der Waals surface area (Å²) in [7, 11) is 0. The Labute approximate surface area is 176 Å². The molecule has 0 heterocycles. The first-order chi connectivity index (χ1) is 13.6. The summed E-state index contributed by atoms with van der Waals surface area (Å²) in [5, 5.41) is 0. The topological polar surface area (TPSA) is 61.8 Å². The average Bonchev–Trinajstić information content (AvgIpc) is 2.72. The summed E-state index contributed by atoms with van der Waals surface area (Å²) in [6.07, 6.45) is 0. The van der Waals surface area contributed by atoms with Gasteiger partial charge in [0, 0.05) is 3.57 Å². The van der Waals surface area contributed by atoms with E-state index in [4.69, 9.17) is 14.2 Å². The molecular formula is C22H17IO5. The maximum atomic E-state index is 12.2. The molecule has 3 rings (SSSR count). The van der Waals surface area contributed by atoms with Gasteiger partial charge in [-0.15, -0.1) is 0 Å². The lowest BCUT2D eigenvalue weighted by atomic mass is 10.2. The van der Waals surface area contributed by atoms with E-state index < -0.39 is 11.9 Å². The van der Waals surface area contributed by atoms with Gasteiger partial charge in [0.2, 0.25) is 0 Å². The summed E-state index contributed by atoms with van der Waals surface area (Å²) < 4.78 is 16.8. The molecule has 3 aromatic rings. The van der Waals surface area contributed by atoms with Crippen LogP contribution in [0.5, 0.6) is 11.5 Å². The van der Waals surface area contributed by atoms with Crippen LogP contribution in [0, 0.1) is 3.57 Å². The largest absolute Gasteiger partial charge is 0.490 e. The van der Waals surface area contributed by atoms with Crippen LogP contribution in [0.25, 0.3) is 0 Å². The Morgan fingerprint density at radius 2 is 1.39 bits per heavy atom. The van der Waals surface area contributed by atoms with Crippen LogP contribution in [0.4, 0.5) is 0 Å². The monoisotopic (exact) mass is 488 g/mol. The van der Waals surface area contributed by atoms with E-state index in [2.05, 4.69) is 22.6 Å². The molecule has 0 amide bonds. The average molecular weight is 488 g/mol. The zero-order chi connectivity index (χ0) is 19.8. The molecule has 0 spiro atoms. The van der Waals surface area contributed by atoms with Crippen molar-refractivity contribution >= 4 is 34.5 Å². The molecule has 0 aromatic heterocycles. The second-order valence-electron chi connectivity index (χ2n) is 5.69. The maximum Gasteiger partial charge on any atom is 0.344 e. The lowest BCUT2D eigenvalue weighted by molar-refractivity contribution is 0.0450.